The largest absolute Gasteiger partial charge is 0.355 e. The van der Waals surface area contributed by atoms with E-state index in [2.05, 4.69) is 59.5 Å². The van der Waals surface area contributed by atoms with Crippen LogP contribution in [0.5, 0.6) is 0 Å². The van der Waals surface area contributed by atoms with Gasteiger partial charge in [-0.15, -0.1) is 10.2 Å². The number of hydrogen-bond donors (Lipinski definition) is 3. The summed E-state index contributed by atoms with van der Waals surface area (Å²) in [4.78, 5) is 26.0. The highest BCUT2D eigenvalue weighted by Gasteiger charge is 2.16. The van der Waals surface area contributed by atoms with Crippen LogP contribution >= 0.6 is 11.8 Å². The number of imidazole rings is 1. The summed E-state index contributed by atoms with van der Waals surface area (Å²) in [5.41, 5.74) is 1.83. The van der Waals surface area contributed by atoms with Crippen LogP contribution in [-0.4, -0.2) is 58.9 Å². The van der Waals surface area contributed by atoms with Gasteiger partial charge in [0.05, 0.1) is 5.75 Å². The maximum absolute atomic E-state index is 12.7. The molecule has 12 heteroatoms. The average Bonchev–Trinajstić information content (AvgIpc) is 3.45. The Morgan fingerprint density at radius 1 is 1.11 bits per heavy atom. The maximum Gasteiger partial charge on any atom is 0.261 e. The van der Waals surface area contributed by atoms with Gasteiger partial charge >= 0.3 is 0 Å². The van der Waals surface area contributed by atoms with E-state index in [1.165, 1.54) is 11.8 Å². The molecule has 3 aromatic heterocycles. The molecule has 0 unspecified atom stereocenters. The number of thioether (sulfide) groups is 1. The van der Waals surface area contributed by atoms with Gasteiger partial charge in [-0.05, 0) is 31.5 Å². The summed E-state index contributed by atoms with van der Waals surface area (Å²) in [6.45, 7) is 10.3. The van der Waals surface area contributed by atoms with Gasteiger partial charge in [-0.25, -0.2) is 9.38 Å². The van der Waals surface area contributed by atoms with Crippen LogP contribution < -0.4 is 16.0 Å². The van der Waals surface area contributed by atoms with Gasteiger partial charge in [0, 0.05) is 43.6 Å². The number of rotatable bonds is 11. The standard InChI is InChI=1S/C23H30N10OS/c1-5-24-20-28-21(25-6-2)33-22(29-20)30-31-23(33)35-14-18(34)27-17-9-7-8-16(12-17)13-32-11-10-26-19(32)15(3)4/h7-12,15H,5-6,13-14H2,1-4H3,(H,27,34)(H2,24,25,28,29,30). The van der Waals surface area contributed by atoms with Crippen molar-refractivity contribution in [2.45, 2.75) is 45.3 Å². The molecule has 1 aromatic carbocycles. The van der Waals surface area contributed by atoms with Crippen LogP contribution in [0.3, 0.4) is 0 Å². The number of carbonyl (C=O) groups excluding carboxylic acids is 1. The summed E-state index contributed by atoms with van der Waals surface area (Å²) in [5.74, 6) is 2.89. The van der Waals surface area contributed by atoms with E-state index in [-0.39, 0.29) is 11.7 Å². The highest BCUT2D eigenvalue weighted by molar-refractivity contribution is 7.99. The van der Waals surface area contributed by atoms with Gasteiger partial charge in [-0.1, -0.05) is 37.7 Å². The first-order chi connectivity index (χ1) is 17.0. The van der Waals surface area contributed by atoms with Gasteiger partial charge in [0.25, 0.3) is 5.78 Å². The number of benzene rings is 1. The smallest absolute Gasteiger partial charge is 0.261 e. The SMILES string of the molecule is CCNc1nc(NCC)n2c(SCC(=O)Nc3cccc(Cn4ccnc4C(C)C)c3)nnc2n1. The molecule has 0 bridgehead atoms. The molecule has 1 amide bonds. The second kappa shape index (κ2) is 11.2. The molecule has 184 valence electrons. The van der Waals surface area contributed by atoms with Crippen molar-refractivity contribution >= 4 is 41.0 Å². The summed E-state index contributed by atoms with van der Waals surface area (Å²) in [7, 11) is 0. The molecular weight excluding hydrogens is 464 g/mol. The molecule has 0 aliphatic carbocycles. The Morgan fingerprint density at radius 2 is 1.94 bits per heavy atom. The van der Waals surface area contributed by atoms with Crippen molar-refractivity contribution in [2.24, 2.45) is 0 Å². The van der Waals surface area contributed by atoms with Crippen LogP contribution in [0.15, 0.2) is 41.8 Å². The first-order valence-corrected chi connectivity index (χ1v) is 12.6. The molecule has 4 aromatic rings. The number of aromatic nitrogens is 7. The van der Waals surface area contributed by atoms with Crippen molar-refractivity contribution in [1.82, 2.24) is 34.1 Å². The van der Waals surface area contributed by atoms with Gasteiger partial charge in [0.15, 0.2) is 5.16 Å². The van der Waals surface area contributed by atoms with Crippen LogP contribution in [0.2, 0.25) is 0 Å². The Bertz CT molecular complexity index is 1300. The third-order valence-electron chi connectivity index (χ3n) is 5.08. The van der Waals surface area contributed by atoms with Gasteiger partial charge < -0.3 is 20.5 Å². The summed E-state index contributed by atoms with van der Waals surface area (Å²) in [6, 6.07) is 7.85. The topological polar surface area (TPSA) is 127 Å². The van der Waals surface area contributed by atoms with Crippen molar-refractivity contribution in [3.63, 3.8) is 0 Å². The van der Waals surface area contributed by atoms with Crippen molar-refractivity contribution in [1.29, 1.82) is 0 Å². The molecule has 35 heavy (non-hydrogen) atoms. The minimum atomic E-state index is -0.135. The average molecular weight is 495 g/mol. The van der Waals surface area contributed by atoms with Gasteiger partial charge in [0.1, 0.15) is 5.82 Å². The van der Waals surface area contributed by atoms with Crippen molar-refractivity contribution in [3.05, 3.63) is 48.0 Å². The Hall–Kier alpha value is -3.67. The fraction of sp³-hybridized carbons (Fsp3) is 0.391. The number of amides is 1. The van der Waals surface area contributed by atoms with Crippen LogP contribution in [0.4, 0.5) is 17.6 Å². The molecule has 0 radical (unpaired) electrons. The van der Waals surface area contributed by atoms with E-state index in [0.29, 0.717) is 48.4 Å². The molecule has 0 aliphatic rings. The van der Waals surface area contributed by atoms with Crippen LogP contribution in [-0.2, 0) is 11.3 Å². The summed E-state index contributed by atoms with van der Waals surface area (Å²) in [5, 5.41) is 18.2. The molecular formula is C23H30N10OS. The Kier molecular flexibility index (Phi) is 7.80. The fourth-order valence-electron chi connectivity index (χ4n) is 3.62. The lowest BCUT2D eigenvalue weighted by molar-refractivity contribution is -0.113. The minimum Gasteiger partial charge on any atom is -0.355 e. The molecule has 0 aliphatic heterocycles. The summed E-state index contributed by atoms with van der Waals surface area (Å²) >= 11 is 1.28. The van der Waals surface area contributed by atoms with Gasteiger partial charge in [0.2, 0.25) is 17.8 Å². The first-order valence-electron chi connectivity index (χ1n) is 11.6. The summed E-state index contributed by atoms with van der Waals surface area (Å²) in [6.07, 6.45) is 3.80. The third-order valence-corrected chi connectivity index (χ3v) is 6.00. The molecule has 0 atom stereocenters. The predicted octanol–water partition coefficient (Wildman–Crippen LogP) is 3.48. The Morgan fingerprint density at radius 3 is 2.71 bits per heavy atom. The minimum absolute atomic E-state index is 0.135. The maximum atomic E-state index is 12.7. The molecule has 3 N–H and O–H groups in total. The lowest BCUT2D eigenvalue weighted by atomic mass is 10.1. The normalized spacial score (nSPS) is 11.2. The van der Waals surface area contributed by atoms with Crippen LogP contribution in [0.1, 0.15) is 45.0 Å². The Labute approximate surface area is 208 Å². The van der Waals surface area contributed by atoms with E-state index in [1.807, 2.05) is 50.5 Å². The zero-order chi connectivity index (χ0) is 24.8. The number of carbonyl (C=O) groups is 1. The number of fused-ring (bicyclic) bond motifs is 1. The molecule has 11 nitrogen and oxygen atoms in total. The molecule has 0 saturated carbocycles. The van der Waals surface area contributed by atoms with Crippen molar-refractivity contribution < 1.29 is 4.79 Å². The quantitative estimate of drug-likeness (QED) is 0.269. The lowest BCUT2D eigenvalue weighted by Crippen LogP contribution is -2.15. The summed E-state index contributed by atoms with van der Waals surface area (Å²) < 4.78 is 3.85. The Balaban J connectivity index is 1.42. The zero-order valence-electron chi connectivity index (χ0n) is 20.3. The van der Waals surface area contributed by atoms with Crippen molar-refractivity contribution in [3.8, 4) is 0 Å². The first kappa shape index (κ1) is 24.5. The molecule has 4 rings (SSSR count). The van der Waals surface area contributed by atoms with E-state index < -0.39 is 0 Å². The predicted molar refractivity (Wildman–Crippen MR) is 138 cm³/mol. The van der Waals surface area contributed by atoms with Crippen LogP contribution in [0, 0.1) is 0 Å². The monoisotopic (exact) mass is 494 g/mol. The zero-order valence-corrected chi connectivity index (χ0v) is 21.1. The molecule has 3 heterocycles. The highest BCUT2D eigenvalue weighted by Crippen LogP contribution is 2.22. The molecule has 0 saturated heterocycles. The highest BCUT2D eigenvalue weighted by atomic mass is 32.2. The number of hydrogen-bond acceptors (Lipinski definition) is 9. The van der Waals surface area contributed by atoms with Gasteiger partial charge in [-0.3, -0.25) is 4.79 Å². The molecule has 0 fully saturated rings. The second-order valence-electron chi connectivity index (χ2n) is 8.15. The van der Waals surface area contributed by atoms with E-state index in [1.54, 1.807) is 4.40 Å². The van der Waals surface area contributed by atoms with Crippen molar-refractivity contribution in [2.75, 3.05) is 34.8 Å². The van der Waals surface area contributed by atoms with E-state index >= 15 is 0 Å². The number of nitrogens with one attached hydrogen (secondary N) is 3. The van der Waals surface area contributed by atoms with E-state index in [9.17, 15) is 4.79 Å². The lowest BCUT2D eigenvalue weighted by Gasteiger charge is -2.12. The van der Waals surface area contributed by atoms with Crippen LogP contribution in [0.25, 0.3) is 5.78 Å². The fourth-order valence-corrected chi connectivity index (χ4v) is 4.35. The molecule has 0 spiro atoms. The van der Waals surface area contributed by atoms with Gasteiger partial charge in [-0.2, -0.15) is 9.97 Å². The third kappa shape index (κ3) is 5.88. The number of anilines is 3. The second-order valence-corrected chi connectivity index (χ2v) is 9.10. The number of nitrogens with zero attached hydrogens (tertiary/aromatic N) is 7. The van der Waals surface area contributed by atoms with E-state index in [0.717, 1.165) is 17.1 Å². The van der Waals surface area contributed by atoms with E-state index in [4.69, 9.17) is 0 Å².